The van der Waals surface area contributed by atoms with Crippen molar-refractivity contribution in [2.24, 2.45) is 0 Å². The molecule has 0 aliphatic carbocycles. The van der Waals surface area contributed by atoms with E-state index in [1.807, 2.05) is 0 Å². The van der Waals surface area contributed by atoms with Crippen molar-refractivity contribution in [3.63, 3.8) is 0 Å². The Bertz CT molecular complexity index is 1180. The van der Waals surface area contributed by atoms with Crippen LogP contribution in [0.2, 0.25) is 0 Å². The molecule has 0 aromatic heterocycles. The van der Waals surface area contributed by atoms with Gasteiger partial charge in [-0.1, -0.05) is 42.5 Å². The van der Waals surface area contributed by atoms with Crippen molar-refractivity contribution in [3.05, 3.63) is 90.0 Å². The van der Waals surface area contributed by atoms with Crippen LogP contribution in [-0.4, -0.2) is 27.7 Å². The van der Waals surface area contributed by atoms with Gasteiger partial charge < -0.3 is 10.1 Å². The molecule has 0 spiro atoms. The number of hydrogen-bond donors (Lipinski definition) is 1. The number of nitrogens with zero attached hydrogens (tertiary/aromatic N) is 1. The van der Waals surface area contributed by atoms with Gasteiger partial charge in [0.2, 0.25) is 0 Å². The third-order valence-corrected chi connectivity index (χ3v) is 6.34. The van der Waals surface area contributed by atoms with Crippen LogP contribution in [0.3, 0.4) is 0 Å². The summed E-state index contributed by atoms with van der Waals surface area (Å²) in [5, 5.41) is 2.59. The Balaban J connectivity index is 1.76. The van der Waals surface area contributed by atoms with Crippen molar-refractivity contribution in [1.29, 1.82) is 0 Å². The second kappa shape index (κ2) is 9.31. The minimum atomic E-state index is -4.79. The first kappa shape index (κ1) is 23.1. The predicted molar refractivity (Wildman–Crippen MR) is 113 cm³/mol. The second-order valence-corrected chi connectivity index (χ2v) is 8.62. The third-order valence-electron chi connectivity index (χ3n) is 4.50. The van der Waals surface area contributed by atoms with Crippen LogP contribution in [0, 0.1) is 0 Å². The highest BCUT2D eigenvalue weighted by molar-refractivity contribution is 7.92. The molecule has 1 N–H and O–H groups in total. The maximum Gasteiger partial charge on any atom is 0.573 e. The number of sulfonamides is 1. The number of para-hydroxylation sites is 1. The summed E-state index contributed by atoms with van der Waals surface area (Å²) in [5.41, 5.74) is 0.894. The van der Waals surface area contributed by atoms with Gasteiger partial charge in [0, 0.05) is 13.6 Å². The maximum atomic E-state index is 13.1. The highest BCUT2D eigenvalue weighted by Gasteiger charge is 2.31. The standard InChI is InChI=1S/C22H19F3N2O4S/c1-27(17-7-3-2-4-8-17)32(29,30)20-10-6-5-9-19(20)21(28)26-15-16-11-13-18(14-12-16)31-22(23,24)25/h2-14H,15H2,1H3,(H,26,28). The predicted octanol–water partition coefficient (Wildman–Crippen LogP) is 4.34. The molecule has 0 unspecified atom stereocenters. The molecule has 6 nitrogen and oxygen atoms in total. The molecule has 0 bridgehead atoms. The largest absolute Gasteiger partial charge is 0.573 e. The van der Waals surface area contributed by atoms with E-state index in [1.165, 1.54) is 37.4 Å². The van der Waals surface area contributed by atoms with Gasteiger partial charge in [-0.25, -0.2) is 8.42 Å². The topological polar surface area (TPSA) is 75.7 Å². The van der Waals surface area contributed by atoms with Gasteiger partial charge in [0.05, 0.1) is 11.3 Å². The highest BCUT2D eigenvalue weighted by Crippen LogP contribution is 2.25. The van der Waals surface area contributed by atoms with Crippen LogP contribution in [0.15, 0.2) is 83.8 Å². The number of halogens is 3. The molecule has 0 aliphatic rings. The summed E-state index contributed by atoms with van der Waals surface area (Å²) >= 11 is 0. The smallest absolute Gasteiger partial charge is 0.406 e. The highest BCUT2D eigenvalue weighted by atomic mass is 32.2. The summed E-state index contributed by atoms with van der Waals surface area (Å²) in [4.78, 5) is 12.6. The van der Waals surface area contributed by atoms with Crippen molar-refractivity contribution in [1.82, 2.24) is 5.32 Å². The first-order valence-electron chi connectivity index (χ1n) is 9.34. The van der Waals surface area contributed by atoms with Crippen molar-refractivity contribution in [3.8, 4) is 5.75 Å². The van der Waals surface area contributed by atoms with Crippen LogP contribution in [0.25, 0.3) is 0 Å². The Morgan fingerprint density at radius 1 is 0.938 bits per heavy atom. The molecule has 0 radical (unpaired) electrons. The van der Waals surface area contributed by atoms with E-state index in [4.69, 9.17) is 0 Å². The molecule has 0 atom stereocenters. The third kappa shape index (κ3) is 5.58. The zero-order valence-electron chi connectivity index (χ0n) is 16.8. The number of benzene rings is 3. The first-order chi connectivity index (χ1) is 15.1. The number of ether oxygens (including phenoxy) is 1. The fraction of sp³-hybridized carbons (Fsp3) is 0.136. The Labute approximate surface area is 183 Å². The molecular weight excluding hydrogens is 445 g/mol. The summed E-state index contributed by atoms with van der Waals surface area (Å²) < 4.78 is 67.9. The first-order valence-corrected chi connectivity index (χ1v) is 10.8. The fourth-order valence-corrected chi connectivity index (χ4v) is 4.27. The van der Waals surface area contributed by atoms with E-state index >= 15 is 0 Å². The lowest BCUT2D eigenvalue weighted by Gasteiger charge is -2.21. The van der Waals surface area contributed by atoms with E-state index in [0.717, 1.165) is 16.4 Å². The molecule has 0 fully saturated rings. The van der Waals surface area contributed by atoms with Gasteiger partial charge in [0.15, 0.2) is 0 Å². The van der Waals surface area contributed by atoms with Crippen LogP contribution in [0.4, 0.5) is 18.9 Å². The van der Waals surface area contributed by atoms with Crippen LogP contribution >= 0.6 is 0 Å². The van der Waals surface area contributed by atoms with E-state index in [-0.39, 0.29) is 22.8 Å². The van der Waals surface area contributed by atoms with E-state index in [9.17, 15) is 26.4 Å². The van der Waals surface area contributed by atoms with E-state index in [2.05, 4.69) is 10.1 Å². The van der Waals surface area contributed by atoms with E-state index in [0.29, 0.717) is 11.3 Å². The molecule has 3 rings (SSSR count). The summed E-state index contributed by atoms with van der Waals surface area (Å²) in [6.07, 6.45) is -4.79. The normalized spacial score (nSPS) is 11.6. The Morgan fingerprint density at radius 2 is 1.53 bits per heavy atom. The lowest BCUT2D eigenvalue weighted by atomic mass is 10.2. The minimum Gasteiger partial charge on any atom is -0.406 e. The maximum absolute atomic E-state index is 13.1. The molecule has 0 heterocycles. The molecule has 0 aliphatic heterocycles. The summed E-state index contributed by atoms with van der Waals surface area (Å²) in [7, 11) is -2.63. The van der Waals surface area contributed by atoms with Crippen molar-refractivity contribution >= 4 is 21.6 Å². The monoisotopic (exact) mass is 464 g/mol. The van der Waals surface area contributed by atoms with E-state index < -0.39 is 22.3 Å². The van der Waals surface area contributed by atoms with E-state index in [1.54, 1.807) is 36.4 Å². The lowest BCUT2D eigenvalue weighted by Crippen LogP contribution is -2.30. The number of amides is 1. The molecule has 32 heavy (non-hydrogen) atoms. The minimum absolute atomic E-state index is 0.0198. The van der Waals surface area contributed by atoms with Crippen LogP contribution in [0.1, 0.15) is 15.9 Å². The zero-order chi connectivity index (χ0) is 23.4. The van der Waals surface area contributed by atoms with Crippen molar-refractivity contribution in [2.75, 3.05) is 11.4 Å². The average molecular weight is 464 g/mol. The summed E-state index contributed by atoms with van der Waals surface area (Å²) in [6.45, 7) is -0.0198. The van der Waals surface area contributed by atoms with Gasteiger partial charge in [-0.3, -0.25) is 9.10 Å². The Kier molecular flexibility index (Phi) is 6.73. The fourth-order valence-electron chi connectivity index (χ4n) is 2.89. The Hall–Kier alpha value is -3.53. The van der Waals surface area contributed by atoms with Gasteiger partial charge in [-0.05, 0) is 42.0 Å². The summed E-state index contributed by atoms with van der Waals surface area (Å²) in [6, 6.07) is 19.2. The number of rotatable bonds is 7. The van der Waals surface area contributed by atoms with Crippen LogP contribution in [-0.2, 0) is 16.6 Å². The number of carbonyl (C=O) groups is 1. The molecular formula is C22H19F3N2O4S. The van der Waals surface area contributed by atoms with Crippen LogP contribution in [0.5, 0.6) is 5.75 Å². The summed E-state index contributed by atoms with van der Waals surface area (Å²) in [5.74, 6) is -1.02. The quantitative estimate of drug-likeness (QED) is 0.565. The molecule has 1 amide bonds. The van der Waals surface area contributed by atoms with Gasteiger partial charge in [-0.2, -0.15) is 0 Å². The zero-order valence-corrected chi connectivity index (χ0v) is 17.7. The molecule has 168 valence electrons. The molecule has 10 heteroatoms. The second-order valence-electron chi connectivity index (χ2n) is 6.68. The molecule has 0 saturated carbocycles. The van der Waals surface area contributed by atoms with Gasteiger partial charge in [-0.15, -0.1) is 13.2 Å². The number of nitrogens with one attached hydrogen (secondary N) is 1. The van der Waals surface area contributed by atoms with Gasteiger partial charge in [0.25, 0.3) is 15.9 Å². The SMILES string of the molecule is CN(c1ccccc1)S(=O)(=O)c1ccccc1C(=O)NCc1ccc(OC(F)(F)F)cc1. The van der Waals surface area contributed by atoms with Crippen molar-refractivity contribution < 1.29 is 31.1 Å². The van der Waals surface area contributed by atoms with Gasteiger partial charge in [0.1, 0.15) is 10.6 Å². The number of anilines is 1. The number of hydrogen-bond acceptors (Lipinski definition) is 4. The molecule has 3 aromatic carbocycles. The average Bonchev–Trinajstić information content (AvgIpc) is 2.77. The molecule has 0 saturated heterocycles. The number of alkyl halides is 3. The Morgan fingerprint density at radius 3 is 2.16 bits per heavy atom. The molecule has 3 aromatic rings. The van der Waals surface area contributed by atoms with Crippen LogP contribution < -0.4 is 14.4 Å². The van der Waals surface area contributed by atoms with Crippen molar-refractivity contribution in [2.45, 2.75) is 17.8 Å². The number of carbonyl (C=O) groups excluding carboxylic acids is 1. The van der Waals surface area contributed by atoms with Gasteiger partial charge >= 0.3 is 6.36 Å². The lowest BCUT2D eigenvalue weighted by molar-refractivity contribution is -0.274.